The molecule has 2 N–H and O–H groups in total. The quantitative estimate of drug-likeness (QED) is 0.806. The van der Waals surface area contributed by atoms with Gasteiger partial charge in [-0.25, -0.2) is 13.2 Å². The first-order chi connectivity index (χ1) is 10.5. The molecule has 8 heteroatoms. The van der Waals surface area contributed by atoms with Crippen molar-refractivity contribution in [2.24, 2.45) is 5.73 Å². The molecule has 1 aliphatic heterocycles. The SMILES string of the molecule is NCC1CN(S(=O)(=O)c2ccc3oc(=O)ccc3c2)CCO1. The van der Waals surface area contributed by atoms with E-state index < -0.39 is 15.6 Å². The zero-order valence-electron chi connectivity index (χ0n) is 11.8. The summed E-state index contributed by atoms with van der Waals surface area (Å²) in [6.07, 6.45) is -0.290. The molecule has 1 aromatic carbocycles. The average Bonchev–Trinajstić information content (AvgIpc) is 2.54. The molecule has 1 aliphatic rings. The fourth-order valence-corrected chi connectivity index (χ4v) is 3.90. The van der Waals surface area contributed by atoms with Gasteiger partial charge in [0.15, 0.2) is 0 Å². The smallest absolute Gasteiger partial charge is 0.336 e. The van der Waals surface area contributed by atoms with Crippen molar-refractivity contribution in [1.29, 1.82) is 0 Å². The summed E-state index contributed by atoms with van der Waals surface area (Å²) in [5.74, 6) is 0. The molecule has 1 aromatic heterocycles. The van der Waals surface area contributed by atoms with E-state index in [1.54, 1.807) is 6.07 Å². The maximum Gasteiger partial charge on any atom is 0.336 e. The lowest BCUT2D eigenvalue weighted by Gasteiger charge is -2.31. The van der Waals surface area contributed by atoms with Gasteiger partial charge in [0.1, 0.15) is 5.58 Å². The zero-order valence-corrected chi connectivity index (χ0v) is 12.6. The van der Waals surface area contributed by atoms with Crippen molar-refractivity contribution < 1.29 is 17.6 Å². The first-order valence-electron chi connectivity index (χ1n) is 6.86. The molecule has 7 nitrogen and oxygen atoms in total. The largest absolute Gasteiger partial charge is 0.423 e. The molecule has 1 atom stereocenters. The molecule has 1 fully saturated rings. The van der Waals surface area contributed by atoms with Gasteiger partial charge < -0.3 is 14.9 Å². The Labute approximate surface area is 127 Å². The number of hydrogen-bond donors (Lipinski definition) is 1. The van der Waals surface area contributed by atoms with Gasteiger partial charge in [-0.2, -0.15) is 4.31 Å². The molecule has 2 aromatic rings. The van der Waals surface area contributed by atoms with Crippen molar-refractivity contribution in [1.82, 2.24) is 4.31 Å². The van der Waals surface area contributed by atoms with Crippen LogP contribution in [0.4, 0.5) is 0 Å². The third kappa shape index (κ3) is 2.78. The molecule has 1 saturated heterocycles. The van der Waals surface area contributed by atoms with E-state index in [4.69, 9.17) is 14.9 Å². The molecule has 3 rings (SSSR count). The van der Waals surface area contributed by atoms with E-state index in [1.807, 2.05) is 0 Å². The molecule has 1 unspecified atom stereocenters. The summed E-state index contributed by atoms with van der Waals surface area (Å²) in [7, 11) is -3.63. The van der Waals surface area contributed by atoms with Crippen molar-refractivity contribution in [3.05, 3.63) is 40.8 Å². The summed E-state index contributed by atoms with van der Waals surface area (Å²) < 4.78 is 37.2. The van der Waals surface area contributed by atoms with Crippen LogP contribution in [0.1, 0.15) is 0 Å². The number of nitrogens with zero attached hydrogens (tertiary/aromatic N) is 1. The highest BCUT2D eigenvalue weighted by Gasteiger charge is 2.30. The number of nitrogens with two attached hydrogens (primary N) is 1. The Bertz CT molecular complexity index is 846. The summed E-state index contributed by atoms with van der Waals surface area (Å²) in [5.41, 5.74) is 5.43. The number of sulfonamides is 1. The summed E-state index contributed by atoms with van der Waals surface area (Å²) >= 11 is 0. The van der Waals surface area contributed by atoms with Gasteiger partial charge in [0.05, 0.1) is 17.6 Å². The van der Waals surface area contributed by atoms with E-state index >= 15 is 0 Å². The van der Waals surface area contributed by atoms with Gasteiger partial charge >= 0.3 is 5.63 Å². The number of rotatable bonds is 3. The number of fused-ring (bicyclic) bond motifs is 1. The molecule has 0 aliphatic carbocycles. The molecule has 0 saturated carbocycles. The predicted octanol–water partition coefficient (Wildman–Crippen LogP) is 0.141. The monoisotopic (exact) mass is 324 g/mol. The predicted molar refractivity (Wildman–Crippen MR) is 80.0 cm³/mol. The molecule has 118 valence electrons. The van der Waals surface area contributed by atoms with Crippen LogP contribution < -0.4 is 11.4 Å². The van der Waals surface area contributed by atoms with Crippen LogP contribution in [0.25, 0.3) is 11.0 Å². The minimum absolute atomic E-state index is 0.159. The van der Waals surface area contributed by atoms with Gasteiger partial charge in [-0.1, -0.05) is 0 Å². The van der Waals surface area contributed by atoms with E-state index in [9.17, 15) is 13.2 Å². The number of morpholine rings is 1. The second-order valence-electron chi connectivity index (χ2n) is 5.05. The minimum atomic E-state index is -3.63. The first-order valence-corrected chi connectivity index (χ1v) is 8.30. The summed E-state index contributed by atoms with van der Waals surface area (Å²) in [6, 6.07) is 7.23. The highest BCUT2D eigenvalue weighted by Crippen LogP contribution is 2.22. The standard InChI is InChI=1S/C14H16N2O5S/c15-8-11-9-16(5-6-20-11)22(18,19)12-2-3-13-10(7-12)1-4-14(17)21-13/h1-4,7,11H,5-6,8-9,15H2. The lowest BCUT2D eigenvalue weighted by Crippen LogP contribution is -2.48. The van der Waals surface area contributed by atoms with Crippen LogP contribution in [0.5, 0.6) is 0 Å². The van der Waals surface area contributed by atoms with Crippen molar-refractivity contribution >= 4 is 21.0 Å². The molecule has 0 radical (unpaired) electrons. The topological polar surface area (TPSA) is 103 Å². The van der Waals surface area contributed by atoms with Crippen LogP contribution in [0, 0.1) is 0 Å². The Hall–Kier alpha value is -1.74. The maximum absolute atomic E-state index is 12.7. The molecular formula is C14H16N2O5S. The average molecular weight is 324 g/mol. The second-order valence-corrected chi connectivity index (χ2v) is 6.98. The minimum Gasteiger partial charge on any atom is -0.423 e. The lowest BCUT2D eigenvalue weighted by molar-refractivity contribution is 0.00451. The van der Waals surface area contributed by atoms with Crippen molar-refractivity contribution in [3.63, 3.8) is 0 Å². The molecular weight excluding hydrogens is 308 g/mol. The lowest BCUT2D eigenvalue weighted by atomic mass is 10.2. The molecule has 0 bridgehead atoms. The van der Waals surface area contributed by atoms with Crippen molar-refractivity contribution in [2.75, 3.05) is 26.2 Å². The van der Waals surface area contributed by atoms with E-state index in [2.05, 4.69) is 0 Å². The third-order valence-electron chi connectivity index (χ3n) is 3.59. The van der Waals surface area contributed by atoms with Gasteiger partial charge in [-0.3, -0.25) is 0 Å². The van der Waals surface area contributed by atoms with E-state index in [0.717, 1.165) is 0 Å². The summed E-state index contributed by atoms with van der Waals surface area (Å²) in [4.78, 5) is 11.3. The molecule has 22 heavy (non-hydrogen) atoms. The highest BCUT2D eigenvalue weighted by atomic mass is 32.2. The first kappa shape index (κ1) is 15.2. The highest BCUT2D eigenvalue weighted by molar-refractivity contribution is 7.89. The molecule has 0 spiro atoms. The summed E-state index contributed by atoms with van der Waals surface area (Å²) in [5, 5.41) is 0.560. The fraction of sp³-hybridized carbons (Fsp3) is 0.357. The Morgan fingerprint density at radius 3 is 2.86 bits per heavy atom. The third-order valence-corrected chi connectivity index (χ3v) is 5.45. The van der Waals surface area contributed by atoms with Crippen LogP contribution in [0.15, 0.2) is 44.4 Å². The Morgan fingerprint density at radius 2 is 2.09 bits per heavy atom. The number of hydrogen-bond acceptors (Lipinski definition) is 6. The zero-order chi connectivity index (χ0) is 15.7. The van der Waals surface area contributed by atoms with E-state index in [0.29, 0.717) is 24.1 Å². The van der Waals surface area contributed by atoms with Gasteiger partial charge in [0.2, 0.25) is 10.0 Å². The molecule has 2 heterocycles. The normalized spacial score (nSPS) is 20.3. The van der Waals surface area contributed by atoms with Crippen LogP contribution in [0.2, 0.25) is 0 Å². The van der Waals surface area contributed by atoms with E-state index in [1.165, 1.54) is 28.6 Å². The number of ether oxygens (including phenoxy) is 1. The Kier molecular flexibility index (Phi) is 4.00. The van der Waals surface area contributed by atoms with Crippen LogP contribution >= 0.6 is 0 Å². The van der Waals surface area contributed by atoms with E-state index in [-0.39, 0.29) is 24.1 Å². The maximum atomic E-state index is 12.7. The Balaban J connectivity index is 1.98. The van der Waals surface area contributed by atoms with Crippen molar-refractivity contribution in [3.8, 4) is 0 Å². The fourth-order valence-electron chi connectivity index (χ4n) is 2.41. The second kappa shape index (κ2) is 5.81. The van der Waals surface area contributed by atoms with Crippen LogP contribution in [0.3, 0.4) is 0 Å². The van der Waals surface area contributed by atoms with Gasteiger partial charge in [-0.05, 0) is 24.3 Å². The van der Waals surface area contributed by atoms with Crippen LogP contribution in [-0.2, 0) is 14.8 Å². The summed E-state index contributed by atoms with van der Waals surface area (Å²) in [6.45, 7) is 1.12. The van der Waals surface area contributed by atoms with Gasteiger partial charge in [0.25, 0.3) is 0 Å². The van der Waals surface area contributed by atoms with Gasteiger partial charge in [0, 0.05) is 31.1 Å². The van der Waals surface area contributed by atoms with Crippen molar-refractivity contribution in [2.45, 2.75) is 11.0 Å². The Morgan fingerprint density at radius 1 is 1.27 bits per heavy atom. The van der Waals surface area contributed by atoms with Crippen LogP contribution in [-0.4, -0.2) is 45.1 Å². The van der Waals surface area contributed by atoms with Gasteiger partial charge in [-0.15, -0.1) is 0 Å². The molecule has 0 amide bonds. The number of benzene rings is 1.